The molecule has 0 aliphatic carbocycles. The summed E-state index contributed by atoms with van der Waals surface area (Å²) < 4.78 is 53.1. The summed E-state index contributed by atoms with van der Waals surface area (Å²) in [6.07, 6.45) is 2.69. The van der Waals surface area contributed by atoms with Crippen molar-refractivity contribution in [3.63, 3.8) is 0 Å². The van der Waals surface area contributed by atoms with Crippen LogP contribution in [0.2, 0.25) is 0 Å². The van der Waals surface area contributed by atoms with Gasteiger partial charge in [0.2, 0.25) is 0 Å². The molecule has 0 aliphatic rings. The second-order valence-corrected chi connectivity index (χ2v) is 8.04. The maximum atomic E-state index is 12.1. The van der Waals surface area contributed by atoms with Crippen molar-refractivity contribution in [2.45, 2.75) is 27.7 Å². The number of carbonyl (C=O) groups excluding carboxylic acids is 2. The molecule has 0 radical (unpaired) electrons. The zero-order valence-corrected chi connectivity index (χ0v) is 17.2. The second kappa shape index (κ2) is 13.2. The largest absolute Gasteiger partial charge is 0.452 e. The Balaban J connectivity index is 4.40. The monoisotopic (exact) mass is 416 g/mol. The third-order valence-electron chi connectivity index (χ3n) is 2.42. The van der Waals surface area contributed by atoms with E-state index in [1.165, 1.54) is 12.2 Å². The maximum Gasteiger partial charge on any atom is 0.438 e. The van der Waals surface area contributed by atoms with Crippen molar-refractivity contribution in [2.75, 3.05) is 39.6 Å². The quantitative estimate of drug-likeness (QED) is 0.298. The van der Waals surface area contributed by atoms with Crippen LogP contribution >= 0.6 is 15.2 Å². The van der Waals surface area contributed by atoms with Gasteiger partial charge >= 0.3 is 26.6 Å². The van der Waals surface area contributed by atoms with E-state index in [0.29, 0.717) is 0 Å². The minimum Gasteiger partial charge on any atom is -0.452 e. The van der Waals surface area contributed by atoms with Crippen molar-refractivity contribution in [3.05, 3.63) is 12.2 Å². The van der Waals surface area contributed by atoms with Gasteiger partial charge in [0.1, 0.15) is 13.2 Å². The van der Waals surface area contributed by atoms with Gasteiger partial charge in [-0.15, -0.1) is 0 Å². The molecule has 0 atom stereocenters. The van der Waals surface area contributed by atoms with Crippen LogP contribution in [0.3, 0.4) is 0 Å². The van der Waals surface area contributed by atoms with Crippen molar-refractivity contribution < 1.29 is 46.3 Å². The predicted octanol–water partition coefficient (Wildman–Crippen LogP) is 4.35. The van der Waals surface area contributed by atoms with Gasteiger partial charge in [0.15, 0.2) is 0 Å². The van der Waals surface area contributed by atoms with Crippen LogP contribution in [0.25, 0.3) is 0 Å². The lowest BCUT2D eigenvalue weighted by atomic mass is 10.5. The minimum absolute atomic E-state index is 0.0257. The molecule has 0 rings (SSSR count). The van der Waals surface area contributed by atoms with Crippen molar-refractivity contribution in [1.82, 2.24) is 0 Å². The van der Waals surface area contributed by atoms with Crippen LogP contribution < -0.4 is 0 Å². The summed E-state index contributed by atoms with van der Waals surface area (Å²) in [5, 5.41) is 0. The van der Waals surface area contributed by atoms with Gasteiger partial charge in [-0.1, -0.05) is 0 Å². The molecule has 0 saturated heterocycles. The molecule has 0 N–H and O–H groups in total. The van der Waals surface area contributed by atoms with Crippen LogP contribution in [0.5, 0.6) is 0 Å². The van der Waals surface area contributed by atoms with Gasteiger partial charge in [0.25, 0.3) is 0 Å². The maximum absolute atomic E-state index is 12.1. The number of carbonyl (C=O) groups is 2. The Morgan fingerprint density at radius 2 is 0.923 bits per heavy atom. The lowest BCUT2D eigenvalue weighted by Crippen LogP contribution is -2.10. The molecule has 0 saturated carbocycles. The summed E-state index contributed by atoms with van der Waals surface area (Å²) in [6.45, 7) is 5.88. The van der Waals surface area contributed by atoms with E-state index in [1.807, 2.05) is 0 Å². The molecule has 0 amide bonds. The molecule has 0 unspecified atom stereocenters. The summed E-state index contributed by atoms with van der Waals surface area (Å²) in [6, 6.07) is 0. The number of rotatable bonds is 14. The SMILES string of the molecule is CCOP(=O)(OCC)C(=O)OCC=CCOC(=O)P(=O)(OCC)OCC. The molecule has 0 fully saturated rings. The normalized spacial score (nSPS) is 12.3. The highest BCUT2D eigenvalue weighted by Gasteiger charge is 2.37. The second-order valence-electron chi connectivity index (χ2n) is 4.29. The third kappa shape index (κ3) is 8.58. The summed E-state index contributed by atoms with van der Waals surface area (Å²) in [5.74, 6) is 0. The molecule has 0 aliphatic heterocycles. The topological polar surface area (TPSA) is 124 Å². The minimum atomic E-state index is -3.97. The van der Waals surface area contributed by atoms with Crippen LogP contribution in [-0.2, 0) is 36.7 Å². The number of hydrogen-bond acceptors (Lipinski definition) is 10. The Labute approximate surface area is 153 Å². The van der Waals surface area contributed by atoms with E-state index in [9.17, 15) is 18.7 Å². The van der Waals surface area contributed by atoms with E-state index in [1.54, 1.807) is 27.7 Å². The lowest BCUT2D eigenvalue weighted by Gasteiger charge is -2.15. The predicted molar refractivity (Wildman–Crippen MR) is 93.6 cm³/mol. The fourth-order valence-electron chi connectivity index (χ4n) is 1.50. The molecular formula is C14H26O10P2. The molecule has 0 heterocycles. The summed E-state index contributed by atoms with van der Waals surface area (Å²) in [7, 11) is -7.94. The lowest BCUT2D eigenvalue weighted by molar-refractivity contribution is 0.155. The molecule has 0 aromatic carbocycles. The van der Waals surface area contributed by atoms with Crippen LogP contribution in [0.15, 0.2) is 12.2 Å². The number of ether oxygens (including phenoxy) is 2. The molecule has 0 aromatic rings. The van der Waals surface area contributed by atoms with Crippen LogP contribution in [0.1, 0.15) is 27.7 Å². The van der Waals surface area contributed by atoms with Crippen molar-refractivity contribution >= 4 is 26.6 Å². The van der Waals surface area contributed by atoms with Gasteiger partial charge in [-0.3, -0.25) is 0 Å². The average Bonchev–Trinajstić information content (AvgIpc) is 2.58. The van der Waals surface area contributed by atoms with Crippen LogP contribution in [-0.4, -0.2) is 51.1 Å². The van der Waals surface area contributed by atoms with E-state index in [-0.39, 0.29) is 39.6 Å². The Morgan fingerprint density at radius 1 is 0.654 bits per heavy atom. The first kappa shape index (κ1) is 25.0. The average molecular weight is 416 g/mol. The van der Waals surface area contributed by atoms with E-state index in [4.69, 9.17) is 27.6 Å². The van der Waals surface area contributed by atoms with E-state index in [0.717, 1.165) is 0 Å². The molecular weight excluding hydrogens is 390 g/mol. The standard InChI is InChI=1S/C14H26O10P2/c1-5-21-25(17,22-6-2)13(15)19-11-9-10-12-20-14(16)26(18,23-7-3)24-8-4/h9-10H,5-8,11-12H2,1-4H3. The van der Waals surface area contributed by atoms with Gasteiger partial charge in [-0.05, 0) is 39.8 Å². The molecule has 12 heteroatoms. The first-order chi connectivity index (χ1) is 12.3. The number of hydrogen-bond donors (Lipinski definition) is 0. The summed E-state index contributed by atoms with van der Waals surface area (Å²) in [5.41, 5.74) is -2.22. The highest BCUT2D eigenvalue weighted by atomic mass is 31.2. The Hall–Kier alpha value is -1.02. The zero-order valence-electron chi connectivity index (χ0n) is 15.4. The Bertz CT molecular complexity index is 492. The molecule has 0 bridgehead atoms. The Kier molecular flexibility index (Phi) is 12.7. The van der Waals surface area contributed by atoms with Crippen molar-refractivity contribution in [3.8, 4) is 0 Å². The highest BCUT2D eigenvalue weighted by molar-refractivity contribution is 7.71. The van der Waals surface area contributed by atoms with E-state index >= 15 is 0 Å². The summed E-state index contributed by atoms with van der Waals surface area (Å²) in [4.78, 5) is 23.5. The van der Waals surface area contributed by atoms with Gasteiger partial charge in [-0.2, -0.15) is 0 Å². The van der Waals surface area contributed by atoms with Gasteiger partial charge < -0.3 is 27.6 Å². The molecule has 152 valence electrons. The van der Waals surface area contributed by atoms with E-state index < -0.39 is 26.6 Å². The molecule has 0 aromatic heterocycles. The van der Waals surface area contributed by atoms with Crippen LogP contribution in [0.4, 0.5) is 9.59 Å². The molecule has 0 spiro atoms. The van der Waals surface area contributed by atoms with Gasteiger partial charge in [0.05, 0.1) is 26.4 Å². The van der Waals surface area contributed by atoms with Gasteiger partial charge in [-0.25, -0.2) is 18.7 Å². The van der Waals surface area contributed by atoms with E-state index in [2.05, 4.69) is 0 Å². The molecule has 10 nitrogen and oxygen atoms in total. The first-order valence-electron chi connectivity index (χ1n) is 8.07. The van der Waals surface area contributed by atoms with Crippen LogP contribution in [0, 0.1) is 0 Å². The van der Waals surface area contributed by atoms with Crippen molar-refractivity contribution in [2.24, 2.45) is 0 Å². The fourth-order valence-corrected chi connectivity index (χ4v) is 3.89. The highest BCUT2D eigenvalue weighted by Crippen LogP contribution is 2.50. The smallest absolute Gasteiger partial charge is 0.438 e. The third-order valence-corrected chi connectivity index (χ3v) is 5.96. The Morgan fingerprint density at radius 3 is 1.15 bits per heavy atom. The summed E-state index contributed by atoms with van der Waals surface area (Å²) >= 11 is 0. The first-order valence-corrected chi connectivity index (χ1v) is 11.2. The zero-order chi connectivity index (χ0) is 20.1. The molecule has 26 heavy (non-hydrogen) atoms. The van der Waals surface area contributed by atoms with Gasteiger partial charge in [0, 0.05) is 0 Å². The fraction of sp³-hybridized carbons (Fsp3) is 0.714. The van der Waals surface area contributed by atoms with Crippen molar-refractivity contribution in [1.29, 1.82) is 0 Å².